The minimum Gasteiger partial charge on any atom is -0.365 e. The highest BCUT2D eigenvalue weighted by Gasteiger charge is 2.22. The molecule has 1 fully saturated rings. The zero-order chi connectivity index (χ0) is 10.7. The van der Waals surface area contributed by atoms with E-state index < -0.39 is 0 Å². The second-order valence-corrected chi connectivity index (χ2v) is 4.48. The van der Waals surface area contributed by atoms with E-state index in [4.69, 9.17) is 0 Å². The molecule has 1 aromatic rings. The van der Waals surface area contributed by atoms with Crippen molar-refractivity contribution >= 4 is 5.69 Å². The lowest BCUT2D eigenvalue weighted by molar-refractivity contribution is 0.798. The van der Waals surface area contributed by atoms with E-state index in [9.17, 15) is 0 Å². The van der Waals surface area contributed by atoms with E-state index in [1.807, 2.05) is 0 Å². The van der Waals surface area contributed by atoms with E-state index in [1.165, 1.54) is 30.6 Å². The summed E-state index contributed by atoms with van der Waals surface area (Å²) in [4.78, 5) is 2.51. The Bertz CT molecular complexity index is 336. The monoisotopic (exact) mass is 201 g/mol. The van der Waals surface area contributed by atoms with Crippen LogP contribution in [0.1, 0.15) is 26.7 Å². The lowest BCUT2D eigenvalue weighted by atomic mass is 10.1. The standard InChI is InChI=1S/C14H19N/c1-12(2)11-14-9-6-10-15(14)13-7-4-3-5-8-13/h3-5,7-8,11,14H,6,9-10H2,1-2H3. The molecular formula is C14H19N. The molecule has 1 aliphatic heterocycles. The average Bonchev–Trinajstić information content (AvgIpc) is 2.66. The summed E-state index contributed by atoms with van der Waals surface area (Å²) in [5.41, 5.74) is 2.78. The van der Waals surface area contributed by atoms with Gasteiger partial charge in [-0.15, -0.1) is 0 Å². The maximum absolute atomic E-state index is 2.51. The Morgan fingerprint density at radius 1 is 1.27 bits per heavy atom. The zero-order valence-electron chi connectivity index (χ0n) is 9.61. The van der Waals surface area contributed by atoms with Gasteiger partial charge in [-0.25, -0.2) is 0 Å². The lowest BCUT2D eigenvalue weighted by Crippen LogP contribution is -2.27. The number of para-hydroxylation sites is 1. The number of nitrogens with zero attached hydrogens (tertiary/aromatic N) is 1. The predicted molar refractivity (Wildman–Crippen MR) is 66.2 cm³/mol. The SMILES string of the molecule is CC(C)=CC1CCCN1c1ccccc1. The first-order valence-electron chi connectivity index (χ1n) is 5.74. The molecule has 0 N–H and O–H groups in total. The molecule has 0 aliphatic carbocycles. The Morgan fingerprint density at radius 3 is 2.67 bits per heavy atom. The highest BCUT2D eigenvalue weighted by molar-refractivity contribution is 5.49. The van der Waals surface area contributed by atoms with Gasteiger partial charge in [0.15, 0.2) is 0 Å². The van der Waals surface area contributed by atoms with E-state index in [2.05, 4.69) is 55.2 Å². The highest BCUT2D eigenvalue weighted by atomic mass is 15.2. The summed E-state index contributed by atoms with van der Waals surface area (Å²) in [5, 5.41) is 0. The Morgan fingerprint density at radius 2 is 2.00 bits per heavy atom. The van der Waals surface area contributed by atoms with E-state index in [0.29, 0.717) is 6.04 Å². The molecule has 1 aromatic carbocycles. The summed E-state index contributed by atoms with van der Waals surface area (Å²) in [6.45, 7) is 5.56. The van der Waals surface area contributed by atoms with Gasteiger partial charge in [0.1, 0.15) is 0 Å². The molecule has 1 nitrogen and oxygen atoms in total. The molecule has 0 aromatic heterocycles. The first kappa shape index (κ1) is 10.3. The quantitative estimate of drug-likeness (QED) is 0.660. The summed E-state index contributed by atoms with van der Waals surface area (Å²) >= 11 is 0. The van der Waals surface area contributed by atoms with Gasteiger partial charge in [-0.3, -0.25) is 0 Å². The molecule has 1 unspecified atom stereocenters. The summed E-state index contributed by atoms with van der Waals surface area (Å²) < 4.78 is 0. The molecule has 1 heterocycles. The molecule has 0 saturated carbocycles. The third kappa shape index (κ3) is 2.41. The molecule has 0 bridgehead atoms. The summed E-state index contributed by atoms with van der Waals surface area (Å²) in [5.74, 6) is 0. The third-order valence-corrected chi connectivity index (χ3v) is 2.91. The van der Waals surface area contributed by atoms with Crippen molar-refractivity contribution < 1.29 is 0 Å². The van der Waals surface area contributed by atoms with Crippen LogP contribution in [-0.4, -0.2) is 12.6 Å². The fourth-order valence-electron chi connectivity index (χ4n) is 2.29. The molecule has 1 atom stereocenters. The van der Waals surface area contributed by atoms with Gasteiger partial charge in [-0.2, -0.15) is 0 Å². The van der Waals surface area contributed by atoms with Crippen LogP contribution >= 0.6 is 0 Å². The maximum atomic E-state index is 2.51. The normalized spacial score (nSPS) is 20.4. The number of anilines is 1. The third-order valence-electron chi connectivity index (χ3n) is 2.91. The van der Waals surface area contributed by atoms with Gasteiger partial charge in [-0.1, -0.05) is 29.8 Å². The van der Waals surface area contributed by atoms with Crippen LogP contribution in [-0.2, 0) is 0 Å². The van der Waals surface area contributed by atoms with Crippen LogP contribution in [0.3, 0.4) is 0 Å². The van der Waals surface area contributed by atoms with E-state index >= 15 is 0 Å². The molecule has 80 valence electrons. The van der Waals surface area contributed by atoms with Crippen LogP contribution < -0.4 is 4.90 Å². The predicted octanol–water partition coefficient (Wildman–Crippen LogP) is 3.62. The summed E-state index contributed by atoms with van der Waals surface area (Å²) in [6.07, 6.45) is 4.99. The molecule has 1 heteroatoms. The van der Waals surface area contributed by atoms with Crippen LogP contribution in [0.4, 0.5) is 5.69 Å². The molecule has 0 amide bonds. The van der Waals surface area contributed by atoms with Crippen molar-refractivity contribution in [1.29, 1.82) is 0 Å². The van der Waals surface area contributed by atoms with E-state index in [0.717, 1.165) is 0 Å². The number of hydrogen-bond donors (Lipinski definition) is 0. The first-order valence-corrected chi connectivity index (χ1v) is 5.74. The fourth-order valence-corrected chi connectivity index (χ4v) is 2.29. The second-order valence-electron chi connectivity index (χ2n) is 4.48. The van der Waals surface area contributed by atoms with Crippen molar-refractivity contribution in [2.24, 2.45) is 0 Å². The second kappa shape index (κ2) is 4.52. The Kier molecular flexibility index (Phi) is 3.10. The Balaban J connectivity index is 2.19. The number of benzene rings is 1. The van der Waals surface area contributed by atoms with Gasteiger partial charge in [0.2, 0.25) is 0 Å². The van der Waals surface area contributed by atoms with Crippen molar-refractivity contribution in [2.75, 3.05) is 11.4 Å². The van der Waals surface area contributed by atoms with Gasteiger partial charge >= 0.3 is 0 Å². The van der Waals surface area contributed by atoms with Gasteiger partial charge < -0.3 is 4.90 Å². The largest absolute Gasteiger partial charge is 0.365 e. The van der Waals surface area contributed by atoms with Crippen molar-refractivity contribution in [3.63, 3.8) is 0 Å². The van der Waals surface area contributed by atoms with Crippen molar-refractivity contribution in [1.82, 2.24) is 0 Å². The molecule has 0 radical (unpaired) electrons. The van der Waals surface area contributed by atoms with Gasteiger partial charge in [0.05, 0.1) is 0 Å². The van der Waals surface area contributed by atoms with E-state index in [-0.39, 0.29) is 0 Å². The lowest BCUT2D eigenvalue weighted by Gasteiger charge is -2.24. The first-order chi connectivity index (χ1) is 7.27. The fraction of sp³-hybridized carbons (Fsp3) is 0.429. The minimum atomic E-state index is 0.609. The van der Waals surface area contributed by atoms with Crippen molar-refractivity contribution in [3.8, 4) is 0 Å². The maximum Gasteiger partial charge on any atom is 0.0476 e. The van der Waals surface area contributed by atoms with Gasteiger partial charge in [-0.05, 0) is 38.8 Å². The molecule has 1 aliphatic rings. The Hall–Kier alpha value is -1.24. The van der Waals surface area contributed by atoms with Crippen molar-refractivity contribution in [3.05, 3.63) is 42.0 Å². The number of allylic oxidation sites excluding steroid dienone is 1. The number of rotatable bonds is 2. The van der Waals surface area contributed by atoms with Crippen LogP contribution in [0.15, 0.2) is 42.0 Å². The topological polar surface area (TPSA) is 3.24 Å². The summed E-state index contributed by atoms with van der Waals surface area (Å²) in [6, 6.07) is 11.3. The average molecular weight is 201 g/mol. The van der Waals surface area contributed by atoms with Crippen molar-refractivity contribution in [2.45, 2.75) is 32.7 Å². The van der Waals surface area contributed by atoms with Gasteiger partial charge in [0, 0.05) is 18.3 Å². The van der Waals surface area contributed by atoms with Gasteiger partial charge in [0.25, 0.3) is 0 Å². The highest BCUT2D eigenvalue weighted by Crippen LogP contribution is 2.26. The van der Waals surface area contributed by atoms with Crippen LogP contribution in [0.2, 0.25) is 0 Å². The minimum absolute atomic E-state index is 0.609. The van der Waals surface area contributed by atoms with E-state index in [1.54, 1.807) is 0 Å². The zero-order valence-corrected chi connectivity index (χ0v) is 9.61. The molecule has 0 spiro atoms. The molecular weight excluding hydrogens is 182 g/mol. The molecule has 15 heavy (non-hydrogen) atoms. The van der Waals surface area contributed by atoms with Crippen LogP contribution in [0.25, 0.3) is 0 Å². The smallest absolute Gasteiger partial charge is 0.0476 e. The summed E-state index contributed by atoms with van der Waals surface area (Å²) in [7, 11) is 0. The number of hydrogen-bond acceptors (Lipinski definition) is 1. The molecule has 2 rings (SSSR count). The van der Waals surface area contributed by atoms with Crippen LogP contribution in [0.5, 0.6) is 0 Å². The van der Waals surface area contributed by atoms with Crippen LogP contribution in [0, 0.1) is 0 Å². The molecule has 1 saturated heterocycles. The Labute approximate surface area is 92.4 Å².